The van der Waals surface area contributed by atoms with Crippen LogP contribution in [0.1, 0.15) is 44.4 Å². The zero-order valence-electron chi connectivity index (χ0n) is 19.4. The highest BCUT2D eigenvalue weighted by Gasteiger charge is 2.26. The van der Waals surface area contributed by atoms with Crippen LogP contribution in [-0.4, -0.2) is 42.2 Å². The number of carbonyl (C=O) groups is 1. The molecule has 1 fully saturated rings. The van der Waals surface area contributed by atoms with E-state index in [0.717, 1.165) is 25.2 Å². The summed E-state index contributed by atoms with van der Waals surface area (Å²) in [5.41, 5.74) is 2.71. The molecule has 6 nitrogen and oxygen atoms in total. The zero-order valence-corrected chi connectivity index (χ0v) is 19.4. The van der Waals surface area contributed by atoms with Gasteiger partial charge in [0.05, 0.1) is 17.8 Å². The van der Waals surface area contributed by atoms with Crippen molar-refractivity contribution in [3.05, 3.63) is 65.2 Å². The average molecular weight is 436 g/mol. The third-order valence-electron chi connectivity index (χ3n) is 5.59. The van der Waals surface area contributed by atoms with Gasteiger partial charge in [0.25, 0.3) is 5.91 Å². The van der Waals surface area contributed by atoms with Gasteiger partial charge in [-0.2, -0.15) is 5.26 Å². The predicted octanol–water partition coefficient (Wildman–Crippen LogP) is 3.89. The first kappa shape index (κ1) is 23.8. The third-order valence-corrected chi connectivity index (χ3v) is 5.59. The fraction of sp³-hybridized carbons (Fsp3) is 0.462. The van der Waals surface area contributed by atoms with E-state index in [1.165, 1.54) is 5.56 Å². The fourth-order valence-corrected chi connectivity index (χ4v) is 4.11. The third kappa shape index (κ3) is 6.32. The van der Waals surface area contributed by atoms with Crippen molar-refractivity contribution in [2.75, 3.05) is 13.1 Å². The van der Waals surface area contributed by atoms with Gasteiger partial charge in [-0.15, -0.1) is 0 Å². The van der Waals surface area contributed by atoms with Gasteiger partial charge in [0.15, 0.2) is 6.10 Å². The number of nitriles is 1. The maximum atomic E-state index is 13.0. The van der Waals surface area contributed by atoms with E-state index >= 15 is 0 Å². The molecule has 6 heteroatoms. The topological polar surface area (TPSA) is 74.6 Å². The average Bonchev–Trinajstić information content (AvgIpc) is 2.76. The van der Waals surface area contributed by atoms with Crippen LogP contribution in [0, 0.1) is 17.2 Å². The van der Waals surface area contributed by atoms with Gasteiger partial charge in [0.1, 0.15) is 11.8 Å². The van der Waals surface area contributed by atoms with Crippen LogP contribution in [0.15, 0.2) is 48.5 Å². The van der Waals surface area contributed by atoms with Gasteiger partial charge in [-0.05, 0) is 43.0 Å². The summed E-state index contributed by atoms with van der Waals surface area (Å²) in [6.45, 7) is 11.1. The largest absolute Gasteiger partial charge is 0.479 e. The number of morpholine rings is 1. The van der Waals surface area contributed by atoms with Crippen molar-refractivity contribution >= 4 is 5.91 Å². The first-order chi connectivity index (χ1) is 15.4. The number of benzene rings is 2. The molecule has 0 bridgehead atoms. The highest BCUT2D eigenvalue weighted by molar-refractivity contribution is 5.81. The van der Waals surface area contributed by atoms with E-state index in [1.54, 1.807) is 24.3 Å². The molecule has 170 valence electrons. The smallest absolute Gasteiger partial charge is 0.261 e. The van der Waals surface area contributed by atoms with Gasteiger partial charge in [0, 0.05) is 26.2 Å². The molecule has 3 unspecified atom stereocenters. The highest BCUT2D eigenvalue weighted by Crippen LogP contribution is 2.21. The molecule has 1 saturated heterocycles. The Morgan fingerprint density at radius 1 is 1.12 bits per heavy atom. The van der Waals surface area contributed by atoms with Crippen molar-refractivity contribution in [2.45, 2.75) is 59.1 Å². The standard InChI is InChI=1S/C26H33N3O3/c1-18(2)25(32-24-12-8-7-9-21(24)13-27)26(30)28-14-22-10-5-6-11-23(22)17-29-15-19(3)31-20(4)16-29/h5-12,18-20,25H,14-17H2,1-4H3,(H,28,30). The van der Waals surface area contributed by atoms with E-state index in [0.29, 0.717) is 17.9 Å². The Hall–Kier alpha value is -2.88. The number of carbonyl (C=O) groups excluding carboxylic acids is 1. The molecule has 0 saturated carbocycles. The van der Waals surface area contributed by atoms with Crippen LogP contribution in [0.25, 0.3) is 0 Å². The lowest BCUT2D eigenvalue weighted by Crippen LogP contribution is -2.45. The summed E-state index contributed by atoms with van der Waals surface area (Å²) in [5, 5.41) is 12.4. The Balaban J connectivity index is 1.66. The van der Waals surface area contributed by atoms with Crippen molar-refractivity contribution in [1.29, 1.82) is 5.26 Å². The maximum absolute atomic E-state index is 13.0. The molecule has 3 atom stereocenters. The first-order valence-electron chi connectivity index (χ1n) is 11.3. The van der Waals surface area contributed by atoms with Crippen molar-refractivity contribution in [1.82, 2.24) is 10.2 Å². The van der Waals surface area contributed by atoms with Gasteiger partial charge >= 0.3 is 0 Å². The second-order valence-corrected chi connectivity index (χ2v) is 8.83. The Labute approximate surface area is 191 Å². The normalized spacial score (nSPS) is 19.9. The van der Waals surface area contributed by atoms with E-state index < -0.39 is 6.10 Å². The molecule has 32 heavy (non-hydrogen) atoms. The Kier molecular flexibility index (Phi) is 8.26. The summed E-state index contributed by atoms with van der Waals surface area (Å²) in [4.78, 5) is 15.4. The van der Waals surface area contributed by atoms with E-state index in [2.05, 4.69) is 42.3 Å². The minimum absolute atomic E-state index is 0.0479. The molecule has 1 heterocycles. The molecule has 2 aromatic rings. The zero-order chi connectivity index (χ0) is 23.1. The van der Waals surface area contributed by atoms with Crippen molar-refractivity contribution in [2.24, 2.45) is 5.92 Å². The molecule has 0 radical (unpaired) electrons. The minimum atomic E-state index is -0.683. The molecule has 2 aromatic carbocycles. The molecule has 0 aliphatic carbocycles. The molecule has 3 rings (SSSR count). The number of hydrogen-bond acceptors (Lipinski definition) is 5. The molecule has 1 aliphatic rings. The van der Waals surface area contributed by atoms with Crippen LogP contribution in [0.2, 0.25) is 0 Å². The number of hydrogen-bond donors (Lipinski definition) is 1. The van der Waals surface area contributed by atoms with Crippen LogP contribution in [0.5, 0.6) is 5.75 Å². The van der Waals surface area contributed by atoms with Crippen LogP contribution < -0.4 is 10.1 Å². The van der Waals surface area contributed by atoms with Crippen LogP contribution >= 0.6 is 0 Å². The van der Waals surface area contributed by atoms with Gasteiger partial charge in [-0.1, -0.05) is 50.2 Å². The van der Waals surface area contributed by atoms with Gasteiger partial charge in [0.2, 0.25) is 0 Å². The summed E-state index contributed by atoms with van der Waals surface area (Å²) in [6, 6.07) is 17.3. The monoisotopic (exact) mass is 435 g/mol. The molecular formula is C26H33N3O3. The van der Waals surface area contributed by atoms with Crippen LogP contribution in [0.4, 0.5) is 0 Å². The molecule has 1 N–H and O–H groups in total. The lowest BCUT2D eigenvalue weighted by Gasteiger charge is -2.35. The van der Waals surface area contributed by atoms with E-state index in [-0.39, 0.29) is 24.0 Å². The van der Waals surface area contributed by atoms with E-state index in [9.17, 15) is 10.1 Å². The molecule has 1 amide bonds. The fourth-order valence-electron chi connectivity index (χ4n) is 4.11. The maximum Gasteiger partial charge on any atom is 0.261 e. The lowest BCUT2D eigenvalue weighted by atomic mass is 10.0. The van der Waals surface area contributed by atoms with Crippen molar-refractivity contribution in [3.63, 3.8) is 0 Å². The summed E-state index contributed by atoms with van der Waals surface area (Å²) < 4.78 is 11.8. The Morgan fingerprint density at radius 3 is 2.41 bits per heavy atom. The first-order valence-corrected chi connectivity index (χ1v) is 11.3. The quantitative estimate of drug-likeness (QED) is 0.681. The second kappa shape index (κ2) is 11.1. The molecular weight excluding hydrogens is 402 g/mol. The van der Waals surface area contributed by atoms with E-state index in [4.69, 9.17) is 9.47 Å². The van der Waals surface area contributed by atoms with Crippen molar-refractivity contribution in [3.8, 4) is 11.8 Å². The number of para-hydroxylation sites is 1. The summed E-state index contributed by atoms with van der Waals surface area (Å²) in [5.74, 6) is 0.198. The van der Waals surface area contributed by atoms with Gasteiger partial charge in [-0.25, -0.2) is 0 Å². The summed E-state index contributed by atoms with van der Waals surface area (Å²) >= 11 is 0. The van der Waals surface area contributed by atoms with E-state index in [1.807, 2.05) is 26.0 Å². The number of amides is 1. The van der Waals surface area contributed by atoms with Gasteiger partial charge < -0.3 is 14.8 Å². The van der Waals surface area contributed by atoms with Crippen LogP contribution in [-0.2, 0) is 22.6 Å². The summed E-state index contributed by atoms with van der Waals surface area (Å²) in [6.07, 6.45) is -0.255. The number of nitrogens with zero attached hydrogens (tertiary/aromatic N) is 2. The minimum Gasteiger partial charge on any atom is -0.479 e. The molecule has 0 aromatic heterocycles. The number of rotatable bonds is 8. The molecule has 1 aliphatic heterocycles. The lowest BCUT2D eigenvalue weighted by molar-refractivity contribution is -0.130. The highest BCUT2D eigenvalue weighted by atomic mass is 16.5. The van der Waals surface area contributed by atoms with Crippen molar-refractivity contribution < 1.29 is 14.3 Å². The Bertz CT molecular complexity index is 943. The predicted molar refractivity (Wildman–Crippen MR) is 124 cm³/mol. The number of nitrogens with one attached hydrogen (secondary N) is 1. The van der Waals surface area contributed by atoms with Gasteiger partial charge in [-0.3, -0.25) is 9.69 Å². The number of ether oxygens (including phenoxy) is 2. The SMILES string of the molecule is CC1CN(Cc2ccccc2CNC(=O)C(Oc2ccccc2C#N)C(C)C)CC(C)O1. The summed E-state index contributed by atoms with van der Waals surface area (Å²) in [7, 11) is 0. The van der Waals surface area contributed by atoms with Crippen LogP contribution in [0.3, 0.4) is 0 Å². The second-order valence-electron chi connectivity index (χ2n) is 8.83. The molecule has 0 spiro atoms. The Morgan fingerprint density at radius 2 is 1.75 bits per heavy atom.